The Hall–Kier alpha value is -1.39. The summed E-state index contributed by atoms with van der Waals surface area (Å²) in [6.07, 6.45) is -4.73. The van der Waals surface area contributed by atoms with E-state index in [1.165, 1.54) is 19.2 Å². The molecule has 0 aromatic heterocycles. The Morgan fingerprint density at radius 2 is 1.67 bits per heavy atom. The second-order valence-corrected chi connectivity index (χ2v) is 7.21. The molecule has 0 radical (unpaired) electrons. The summed E-state index contributed by atoms with van der Waals surface area (Å²) in [7, 11) is 1.47. The molecule has 0 amide bonds. The minimum Gasteiger partial charge on any atom is -0.503 e. The van der Waals surface area contributed by atoms with E-state index in [1.54, 1.807) is 24.3 Å². The molecule has 5 nitrogen and oxygen atoms in total. The highest BCUT2D eigenvalue weighted by atomic mass is 79.9. The van der Waals surface area contributed by atoms with Crippen LogP contribution < -0.4 is 14.8 Å². The van der Waals surface area contributed by atoms with Crippen LogP contribution in [0.1, 0.15) is 17.2 Å². The molecule has 30 heavy (non-hydrogen) atoms. The molecule has 2 N–H and O–H groups in total. The van der Waals surface area contributed by atoms with Crippen molar-refractivity contribution in [1.82, 2.24) is 10.2 Å². The molecular formula is C19H22BrCl2F3N2O3. The monoisotopic (exact) mass is 532 g/mol. The lowest BCUT2D eigenvalue weighted by atomic mass is 9.96. The zero-order valence-corrected chi connectivity index (χ0v) is 19.1. The van der Waals surface area contributed by atoms with Gasteiger partial charge in [0.25, 0.3) is 0 Å². The Kier molecular flexibility index (Phi) is 10.0. The first kappa shape index (κ1) is 26.6. The van der Waals surface area contributed by atoms with E-state index in [4.69, 9.17) is 4.74 Å². The summed E-state index contributed by atoms with van der Waals surface area (Å²) < 4.78 is 47.0. The molecule has 1 aliphatic rings. The second-order valence-electron chi connectivity index (χ2n) is 6.36. The number of aromatic hydroxyl groups is 1. The van der Waals surface area contributed by atoms with Gasteiger partial charge in [0.05, 0.1) is 17.6 Å². The van der Waals surface area contributed by atoms with Gasteiger partial charge in [-0.25, -0.2) is 0 Å². The van der Waals surface area contributed by atoms with Crippen LogP contribution in [0.4, 0.5) is 13.2 Å². The summed E-state index contributed by atoms with van der Waals surface area (Å²) in [6, 6.07) is 9.20. The van der Waals surface area contributed by atoms with Gasteiger partial charge in [-0.1, -0.05) is 12.1 Å². The number of nitrogens with one attached hydrogen (secondary N) is 1. The van der Waals surface area contributed by atoms with Gasteiger partial charge in [0, 0.05) is 26.2 Å². The number of methoxy groups -OCH3 is 1. The predicted molar refractivity (Wildman–Crippen MR) is 116 cm³/mol. The van der Waals surface area contributed by atoms with Crippen molar-refractivity contribution in [3.05, 3.63) is 52.0 Å². The third-order valence-electron chi connectivity index (χ3n) is 4.53. The minimum absolute atomic E-state index is 0. The molecule has 11 heteroatoms. The Balaban J connectivity index is 0.00000225. The van der Waals surface area contributed by atoms with E-state index < -0.39 is 6.36 Å². The zero-order chi connectivity index (χ0) is 20.3. The number of hydrogen-bond donors (Lipinski definition) is 2. The van der Waals surface area contributed by atoms with E-state index in [9.17, 15) is 18.3 Å². The quantitative estimate of drug-likeness (QED) is 0.572. The van der Waals surface area contributed by atoms with Crippen LogP contribution in [0.15, 0.2) is 40.9 Å². The standard InChI is InChI=1S/C19H20BrF3N2O3.2ClH/c1-27-16-11-13(10-15(20)18(16)26)17(25-8-6-24-7-9-25)12-2-4-14(5-3-12)28-19(21,22)23;;/h2-5,10-11,17,24,26H,6-9H2,1H3;2*1H/t17-;;/m1../s1. The van der Waals surface area contributed by atoms with Gasteiger partial charge in [-0.05, 0) is 51.3 Å². The maximum atomic E-state index is 12.4. The van der Waals surface area contributed by atoms with Crippen LogP contribution in [0.2, 0.25) is 0 Å². The Morgan fingerprint density at radius 1 is 1.07 bits per heavy atom. The molecule has 1 atom stereocenters. The van der Waals surface area contributed by atoms with Crippen LogP contribution in [0.3, 0.4) is 0 Å². The number of phenols is 1. The summed E-state index contributed by atoms with van der Waals surface area (Å²) in [4.78, 5) is 2.23. The van der Waals surface area contributed by atoms with E-state index in [1.807, 2.05) is 0 Å². The highest BCUT2D eigenvalue weighted by Gasteiger charge is 2.31. The lowest BCUT2D eigenvalue weighted by Gasteiger charge is -2.36. The maximum Gasteiger partial charge on any atom is 0.573 e. The molecule has 1 saturated heterocycles. The van der Waals surface area contributed by atoms with Crippen LogP contribution >= 0.6 is 40.7 Å². The highest BCUT2D eigenvalue weighted by Crippen LogP contribution is 2.40. The van der Waals surface area contributed by atoms with E-state index in [0.29, 0.717) is 10.2 Å². The summed E-state index contributed by atoms with van der Waals surface area (Å²) >= 11 is 3.34. The van der Waals surface area contributed by atoms with Gasteiger partial charge in [-0.3, -0.25) is 4.90 Å². The van der Waals surface area contributed by atoms with Crippen molar-refractivity contribution in [2.24, 2.45) is 0 Å². The Labute approximate surface area is 193 Å². The fourth-order valence-corrected chi connectivity index (χ4v) is 3.77. The summed E-state index contributed by atoms with van der Waals surface area (Å²) in [6.45, 7) is 3.16. The van der Waals surface area contributed by atoms with E-state index in [0.717, 1.165) is 37.3 Å². The first-order valence-electron chi connectivity index (χ1n) is 8.65. The summed E-state index contributed by atoms with van der Waals surface area (Å²) in [5.74, 6) is 0.0561. The molecule has 2 aromatic carbocycles. The second kappa shape index (κ2) is 11.3. The summed E-state index contributed by atoms with van der Waals surface area (Å²) in [5, 5.41) is 13.4. The molecule has 0 unspecified atom stereocenters. The zero-order valence-electron chi connectivity index (χ0n) is 15.9. The van der Waals surface area contributed by atoms with Crippen LogP contribution in [0.25, 0.3) is 0 Å². The minimum atomic E-state index is -4.73. The number of ether oxygens (including phenoxy) is 2. The topological polar surface area (TPSA) is 54.0 Å². The lowest BCUT2D eigenvalue weighted by Crippen LogP contribution is -2.45. The molecule has 1 heterocycles. The predicted octanol–water partition coefficient (Wildman–Crippen LogP) is 4.90. The molecule has 168 valence electrons. The van der Waals surface area contributed by atoms with Gasteiger partial charge in [0.1, 0.15) is 5.75 Å². The van der Waals surface area contributed by atoms with Crippen molar-refractivity contribution in [3.8, 4) is 17.2 Å². The molecule has 0 bridgehead atoms. The first-order valence-corrected chi connectivity index (χ1v) is 9.44. The number of benzene rings is 2. The van der Waals surface area contributed by atoms with Gasteiger partial charge in [0.2, 0.25) is 0 Å². The van der Waals surface area contributed by atoms with Crippen LogP contribution in [0.5, 0.6) is 17.2 Å². The third-order valence-corrected chi connectivity index (χ3v) is 5.14. The lowest BCUT2D eigenvalue weighted by molar-refractivity contribution is -0.274. The van der Waals surface area contributed by atoms with Gasteiger partial charge in [0.15, 0.2) is 11.5 Å². The van der Waals surface area contributed by atoms with Crippen LogP contribution in [-0.4, -0.2) is 49.7 Å². The Morgan fingerprint density at radius 3 is 2.20 bits per heavy atom. The van der Waals surface area contributed by atoms with Crippen molar-refractivity contribution in [2.75, 3.05) is 33.3 Å². The number of piperazine rings is 1. The van der Waals surface area contributed by atoms with E-state index in [2.05, 4.69) is 30.9 Å². The van der Waals surface area contributed by atoms with E-state index in [-0.39, 0.29) is 42.4 Å². The third kappa shape index (κ3) is 6.55. The molecule has 2 aromatic rings. The van der Waals surface area contributed by atoms with Crippen molar-refractivity contribution < 1.29 is 27.8 Å². The van der Waals surface area contributed by atoms with Gasteiger partial charge in [-0.2, -0.15) is 0 Å². The van der Waals surface area contributed by atoms with Crippen molar-refractivity contribution >= 4 is 40.7 Å². The van der Waals surface area contributed by atoms with Crippen LogP contribution in [0, 0.1) is 0 Å². The Bertz CT molecular complexity index is 820. The molecule has 0 saturated carbocycles. The summed E-state index contributed by atoms with van der Waals surface area (Å²) in [5.41, 5.74) is 1.67. The normalized spacial score (nSPS) is 15.5. The largest absolute Gasteiger partial charge is 0.573 e. The van der Waals surface area contributed by atoms with Gasteiger partial charge < -0.3 is 19.9 Å². The molecular weight excluding hydrogens is 512 g/mol. The average Bonchev–Trinajstić information content (AvgIpc) is 2.65. The molecule has 3 rings (SSSR count). The fourth-order valence-electron chi connectivity index (χ4n) is 3.31. The van der Waals surface area contributed by atoms with Gasteiger partial charge >= 0.3 is 6.36 Å². The number of rotatable bonds is 5. The fraction of sp³-hybridized carbons (Fsp3) is 0.368. The van der Waals surface area contributed by atoms with Gasteiger partial charge in [-0.15, -0.1) is 38.0 Å². The molecule has 1 aliphatic heterocycles. The number of phenolic OH excluding ortho intramolecular Hbond substituents is 1. The van der Waals surface area contributed by atoms with E-state index >= 15 is 0 Å². The van der Waals surface area contributed by atoms with Crippen molar-refractivity contribution in [2.45, 2.75) is 12.4 Å². The smallest absolute Gasteiger partial charge is 0.503 e. The molecule has 0 spiro atoms. The first-order chi connectivity index (χ1) is 13.3. The maximum absolute atomic E-state index is 12.4. The number of alkyl halides is 3. The average molecular weight is 534 g/mol. The van der Waals surface area contributed by atoms with Crippen LogP contribution in [-0.2, 0) is 0 Å². The molecule has 0 aliphatic carbocycles. The molecule has 1 fully saturated rings. The number of halogens is 6. The number of hydrogen-bond acceptors (Lipinski definition) is 5. The van der Waals surface area contributed by atoms with Crippen molar-refractivity contribution in [1.29, 1.82) is 0 Å². The highest BCUT2D eigenvalue weighted by molar-refractivity contribution is 9.10. The van der Waals surface area contributed by atoms with Crippen molar-refractivity contribution in [3.63, 3.8) is 0 Å². The SMILES string of the molecule is COc1cc([C@@H](c2ccc(OC(F)(F)F)cc2)N2CCNCC2)cc(Br)c1O.Cl.Cl. The number of nitrogens with zero attached hydrogens (tertiary/aromatic N) is 1.